The second kappa shape index (κ2) is 6.38. The molecule has 0 unspecified atom stereocenters. The lowest BCUT2D eigenvalue weighted by atomic mass is 10.1. The molecule has 4 nitrogen and oxygen atoms in total. The number of hydrogen-bond donors (Lipinski definition) is 2. The molecular formula is C14H21N3O. The fourth-order valence-corrected chi connectivity index (χ4v) is 2.41. The Bertz CT molecular complexity index is 381. The molecule has 1 aromatic heterocycles. The van der Waals surface area contributed by atoms with Gasteiger partial charge >= 0.3 is 0 Å². The maximum atomic E-state index is 11.9. The maximum absolute atomic E-state index is 11.9. The number of nitrogen functional groups attached to an aromatic ring is 1. The smallest absolute Gasteiger partial charge is 0.226 e. The van der Waals surface area contributed by atoms with E-state index < -0.39 is 0 Å². The number of amides is 1. The fourth-order valence-electron chi connectivity index (χ4n) is 2.41. The molecule has 4 heteroatoms. The minimum Gasteiger partial charge on any atom is -0.397 e. The fraction of sp³-hybridized carbons (Fsp3) is 0.571. The largest absolute Gasteiger partial charge is 0.397 e. The first-order valence-electron chi connectivity index (χ1n) is 6.74. The summed E-state index contributed by atoms with van der Waals surface area (Å²) in [5.74, 6) is 0.0687. The summed E-state index contributed by atoms with van der Waals surface area (Å²) < 4.78 is 0. The molecule has 1 aromatic rings. The highest BCUT2D eigenvalue weighted by molar-refractivity contribution is 5.78. The molecule has 0 spiro atoms. The van der Waals surface area contributed by atoms with Gasteiger partial charge in [-0.15, -0.1) is 0 Å². The summed E-state index contributed by atoms with van der Waals surface area (Å²) in [5.41, 5.74) is 6.96. The van der Waals surface area contributed by atoms with E-state index in [-0.39, 0.29) is 5.91 Å². The standard InChI is InChI=1S/C14H21N3O/c15-11-7-8-13(16-10-11)9-14(18)17-12-5-3-1-2-4-6-12/h7-8,10,12H,1-6,9,15H2,(H,17,18). The summed E-state index contributed by atoms with van der Waals surface area (Å²) >= 11 is 0. The highest BCUT2D eigenvalue weighted by atomic mass is 16.1. The SMILES string of the molecule is Nc1ccc(CC(=O)NC2CCCCCC2)nc1. The molecule has 0 atom stereocenters. The molecule has 1 heterocycles. The number of nitrogens with one attached hydrogen (secondary N) is 1. The second-order valence-electron chi connectivity index (χ2n) is 5.02. The summed E-state index contributed by atoms with van der Waals surface area (Å²) in [4.78, 5) is 16.0. The van der Waals surface area contributed by atoms with Gasteiger partial charge in [0.15, 0.2) is 0 Å². The average molecular weight is 247 g/mol. The minimum absolute atomic E-state index is 0.0687. The Morgan fingerprint density at radius 1 is 1.28 bits per heavy atom. The van der Waals surface area contributed by atoms with Crippen LogP contribution in [0.3, 0.4) is 0 Å². The van der Waals surface area contributed by atoms with Crippen molar-refractivity contribution in [2.45, 2.75) is 51.0 Å². The van der Waals surface area contributed by atoms with E-state index in [1.54, 1.807) is 12.3 Å². The monoisotopic (exact) mass is 247 g/mol. The lowest BCUT2D eigenvalue weighted by Crippen LogP contribution is -2.35. The number of hydrogen-bond acceptors (Lipinski definition) is 3. The van der Waals surface area contributed by atoms with Gasteiger partial charge < -0.3 is 11.1 Å². The van der Waals surface area contributed by atoms with Crippen molar-refractivity contribution in [3.63, 3.8) is 0 Å². The Hall–Kier alpha value is -1.58. The van der Waals surface area contributed by atoms with Gasteiger partial charge in [0, 0.05) is 11.7 Å². The van der Waals surface area contributed by atoms with E-state index in [1.807, 2.05) is 6.07 Å². The lowest BCUT2D eigenvalue weighted by molar-refractivity contribution is -0.121. The van der Waals surface area contributed by atoms with Gasteiger partial charge in [0.25, 0.3) is 0 Å². The summed E-state index contributed by atoms with van der Waals surface area (Å²) in [6.45, 7) is 0. The molecule has 0 radical (unpaired) electrons. The number of rotatable bonds is 3. The van der Waals surface area contributed by atoms with E-state index in [9.17, 15) is 4.79 Å². The molecular weight excluding hydrogens is 226 g/mol. The second-order valence-corrected chi connectivity index (χ2v) is 5.02. The third-order valence-corrected chi connectivity index (χ3v) is 3.41. The Morgan fingerprint density at radius 3 is 2.61 bits per heavy atom. The molecule has 1 amide bonds. The summed E-state index contributed by atoms with van der Waals surface area (Å²) in [6, 6.07) is 3.94. The van der Waals surface area contributed by atoms with Crippen LogP contribution >= 0.6 is 0 Å². The topological polar surface area (TPSA) is 68.0 Å². The highest BCUT2D eigenvalue weighted by Crippen LogP contribution is 2.17. The first kappa shape index (κ1) is 12.9. The molecule has 2 rings (SSSR count). The number of carbonyl (C=O) groups is 1. The number of aromatic nitrogens is 1. The molecule has 3 N–H and O–H groups in total. The van der Waals surface area contributed by atoms with Crippen LogP contribution < -0.4 is 11.1 Å². The van der Waals surface area contributed by atoms with Crippen LogP contribution in [-0.4, -0.2) is 16.9 Å². The van der Waals surface area contributed by atoms with E-state index in [1.165, 1.54) is 25.7 Å². The molecule has 1 aliphatic carbocycles. The van der Waals surface area contributed by atoms with Crippen LogP contribution in [0.1, 0.15) is 44.2 Å². The lowest BCUT2D eigenvalue weighted by Gasteiger charge is -2.15. The van der Waals surface area contributed by atoms with Gasteiger partial charge in [-0.25, -0.2) is 0 Å². The third-order valence-electron chi connectivity index (χ3n) is 3.41. The zero-order valence-corrected chi connectivity index (χ0v) is 10.7. The Morgan fingerprint density at radius 2 is 2.00 bits per heavy atom. The number of anilines is 1. The van der Waals surface area contributed by atoms with Crippen molar-refractivity contribution < 1.29 is 4.79 Å². The zero-order valence-electron chi connectivity index (χ0n) is 10.7. The Labute approximate surface area is 108 Å². The van der Waals surface area contributed by atoms with Gasteiger partial charge in [-0.2, -0.15) is 0 Å². The van der Waals surface area contributed by atoms with Crippen molar-refractivity contribution in [2.24, 2.45) is 0 Å². The normalized spacial score (nSPS) is 17.1. The predicted octanol–water partition coefficient (Wildman–Crippen LogP) is 2.05. The summed E-state index contributed by atoms with van der Waals surface area (Å²) in [5, 5.41) is 3.11. The van der Waals surface area contributed by atoms with Crippen molar-refractivity contribution in [2.75, 3.05) is 5.73 Å². The van der Waals surface area contributed by atoms with Crippen molar-refractivity contribution >= 4 is 11.6 Å². The van der Waals surface area contributed by atoms with E-state index in [4.69, 9.17) is 5.73 Å². The molecule has 1 aliphatic rings. The van der Waals surface area contributed by atoms with Crippen LogP contribution in [-0.2, 0) is 11.2 Å². The van der Waals surface area contributed by atoms with Crippen LogP contribution in [0.4, 0.5) is 5.69 Å². The van der Waals surface area contributed by atoms with Crippen LogP contribution in [0.2, 0.25) is 0 Å². The Kier molecular flexibility index (Phi) is 4.56. The highest BCUT2D eigenvalue weighted by Gasteiger charge is 2.14. The van der Waals surface area contributed by atoms with Crippen molar-refractivity contribution in [3.05, 3.63) is 24.0 Å². The number of nitrogens with two attached hydrogens (primary N) is 1. The maximum Gasteiger partial charge on any atom is 0.226 e. The van der Waals surface area contributed by atoms with Gasteiger partial charge in [-0.05, 0) is 25.0 Å². The predicted molar refractivity (Wildman–Crippen MR) is 72.0 cm³/mol. The van der Waals surface area contributed by atoms with Crippen LogP contribution in [0.5, 0.6) is 0 Å². The van der Waals surface area contributed by atoms with Gasteiger partial charge in [-0.3, -0.25) is 9.78 Å². The molecule has 1 saturated carbocycles. The Balaban J connectivity index is 1.82. The van der Waals surface area contributed by atoms with E-state index in [0.29, 0.717) is 18.2 Å². The average Bonchev–Trinajstić information content (AvgIpc) is 2.61. The van der Waals surface area contributed by atoms with E-state index in [2.05, 4.69) is 10.3 Å². The quantitative estimate of drug-likeness (QED) is 0.803. The first-order valence-corrected chi connectivity index (χ1v) is 6.74. The van der Waals surface area contributed by atoms with Crippen molar-refractivity contribution in [3.8, 4) is 0 Å². The molecule has 18 heavy (non-hydrogen) atoms. The van der Waals surface area contributed by atoms with E-state index in [0.717, 1.165) is 18.5 Å². The molecule has 0 bridgehead atoms. The summed E-state index contributed by atoms with van der Waals surface area (Å²) in [6.07, 6.45) is 9.21. The van der Waals surface area contributed by atoms with Gasteiger partial charge in [0.1, 0.15) is 0 Å². The number of pyridine rings is 1. The van der Waals surface area contributed by atoms with Crippen molar-refractivity contribution in [1.82, 2.24) is 10.3 Å². The van der Waals surface area contributed by atoms with Gasteiger partial charge in [0.05, 0.1) is 18.3 Å². The van der Waals surface area contributed by atoms with Gasteiger partial charge in [0.2, 0.25) is 5.91 Å². The van der Waals surface area contributed by atoms with Crippen molar-refractivity contribution in [1.29, 1.82) is 0 Å². The molecule has 98 valence electrons. The van der Waals surface area contributed by atoms with Crippen LogP contribution in [0.25, 0.3) is 0 Å². The first-order chi connectivity index (χ1) is 8.74. The van der Waals surface area contributed by atoms with E-state index >= 15 is 0 Å². The van der Waals surface area contributed by atoms with Crippen LogP contribution in [0, 0.1) is 0 Å². The number of carbonyl (C=O) groups excluding carboxylic acids is 1. The molecule has 1 fully saturated rings. The van der Waals surface area contributed by atoms with Crippen LogP contribution in [0.15, 0.2) is 18.3 Å². The molecule has 0 saturated heterocycles. The minimum atomic E-state index is 0.0687. The van der Waals surface area contributed by atoms with Gasteiger partial charge in [-0.1, -0.05) is 25.7 Å². The molecule has 0 aliphatic heterocycles. The third kappa shape index (κ3) is 4.02. The summed E-state index contributed by atoms with van der Waals surface area (Å²) in [7, 11) is 0. The number of nitrogens with zero attached hydrogens (tertiary/aromatic N) is 1. The molecule has 0 aromatic carbocycles. The zero-order chi connectivity index (χ0) is 12.8.